The van der Waals surface area contributed by atoms with Crippen LogP contribution in [0.25, 0.3) is 0 Å². The van der Waals surface area contributed by atoms with Crippen LogP contribution in [-0.4, -0.2) is 59.2 Å². The highest BCUT2D eigenvalue weighted by molar-refractivity contribution is 7.66. The van der Waals surface area contributed by atoms with E-state index < -0.39 is 4.75 Å². The van der Waals surface area contributed by atoms with E-state index >= 15 is 0 Å². The van der Waals surface area contributed by atoms with E-state index in [-0.39, 0.29) is 6.04 Å². The third-order valence-electron chi connectivity index (χ3n) is 5.25. The molecule has 0 amide bonds. The van der Waals surface area contributed by atoms with E-state index in [1.807, 2.05) is 19.1 Å². The van der Waals surface area contributed by atoms with Crippen molar-refractivity contribution in [3.63, 3.8) is 0 Å². The number of hydrogen-bond donors (Lipinski definition) is 2. The van der Waals surface area contributed by atoms with Gasteiger partial charge in [-0.05, 0) is 13.8 Å². The molecule has 0 radical (unpaired) electrons. The van der Waals surface area contributed by atoms with Crippen LogP contribution in [0.2, 0.25) is 0 Å². The summed E-state index contributed by atoms with van der Waals surface area (Å²) >= 11 is 0.609. The highest BCUT2D eigenvalue weighted by atomic mass is 32.1. The summed E-state index contributed by atoms with van der Waals surface area (Å²) in [6, 6.07) is 4.04. The van der Waals surface area contributed by atoms with Gasteiger partial charge in [0, 0.05) is 41.4 Å². The Morgan fingerprint density at radius 3 is 2.75 bits per heavy atom. The van der Waals surface area contributed by atoms with Crippen LogP contribution in [0.1, 0.15) is 31.2 Å². The van der Waals surface area contributed by atoms with Crippen molar-refractivity contribution in [1.82, 2.24) is 20.2 Å². The van der Waals surface area contributed by atoms with Gasteiger partial charge in [-0.15, -0.1) is 0 Å². The van der Waals surface area contributed by atoms with E-state index in [9.17, 15) is 4.21 Å². The number of rotatable bonds is 5. The highest BCUT2D eigenvalue weighted by Gasteiger charge is 2.50. The third kappa shape index (κ3) is 3.85. The summed E-state index contributed by atoms with van der Waals surface area (Å²) in [4.78, 5) is 11.6. The molecule has 0 bridgehead atoms. The van der Waals surface area contributed by atoms with Gasteiger partial charge in [0.15, 0.2) is 5.82 Å². The SMILES string of the molecule is Cc1cc(Nc2nc(N3CCOC[C@H]3C)cc(C3([S+]=O)CCOCC3)n2)n[nH]1. The largest absolute Gasteiger partial charge is 0.472 e. The second-order valence-corrected chi connectivity index (χ2v) is 8.25. The lowest BCUT2D eigenvalue weighted by Crippen LogP contribution is -2.44. The Balaban J connectivity index is 1.74. The van der Waals surface area contributed by atoms with Crippen LogP contribution >= 0.6 is 0 Å². The summed E-state index contributed by atoms with van der Waals surface area (Å²) in [5.74, 6) is 1.89. The minimum absolute atomic E-state index is 0.197. The number of nitrogens with zero attached hydrogens (tertiary/aromatic N) is 4. The normalized spacial score (nSPS) is 22.1. The van der Waals surface area contributed by atoms with Crippen LogP contribution in [0.3, 0.4) is 0 Å². The molecule has 2 aromatic heterocycles. The first-order valence-electron chi connectivity index (χ1n) is 9.51. The van der Waals surface area contributed by atoms with E-state index in [2.05, 4.69) is 27.3 Å². The Hall–Kier alpha value is -2.17. The van der Waals surface area contributed by atoms with Crippen LogP contribution in [0.4, 0.5) is 17.6 Å². The Labute approximate surface area is 167 Å². The average molecular weight is 406 g/mol. The molecular formula is C18H25N6O3S+. The summed E-state index contributed by atoms with van der Waals surface area (Å²) in [7, 11) is 0. The Bertz CT molecular complexity index is 838. The van der Waals surface area contributed by atoms with Crippen LogP contribution in [-0.2, 0) is 30.1 Å². The van der Waals surface area contributed by atoms with Crippen molar-refractivity contribution in [3.05, 3.63) is 23.5 Å². The maximum absolute atomic E-state index is 12.2. The summed E-state index contributed by atoms with van der Waals surface area (Å²) in [5, 5.41) is 10.3. The highest BCUT2D eigenvalue weighted by Crippen LogP contribution is 2.36. The second-order valence-electron chi connectivity index (χ2n) is 7.30. The summed E-state index contributed by atoms with van der Waals surface area (Å²) in [6.45, 7) is 7.21. The third-order valence-corrected chi connectivity index (χ3v) is 6.18. The maximum Gasteiger partial charge on any atom is 0.472 e. The van der Waals surface area contributed by atoms with Gasteiger partial charge in [-0.2, -0.15) is 10.1 Å². The van der Waals surface area contributed by atoms with Crippen LogP contribution in [0.5, 0.6) is 0 Å². The molecule has 150 valence electrons. The molecule has 10 heteroatoms. The van der Waals surface area contributed by atoms with Gasteiger partial charge < -0.3 is 19.7 Å². The first-order valence-corrected chi connectivity index (χ1v) is 10.3. The Morgan fingerprint density at radius 1 is 1.25 bits per heavy atom. The van der Waals surface area contributed by atoms with Crippen molar-refractivity contribution in [2.75, 3.05) is 43.2 Å². The lowest BCUT2D eigenvalue weighted by Gasteiger charge is -2.34. The topological polar surface area (TPSA) is 105 Å². The van der Waals surface area contributed by atoms with E-state index in [4.69, 9.17) is 19.4 Å². The minimum atomic E-state index is -0.608. The second kappa shape index (κ2) is 8.06. The van der Waals surface area contributed by atoms with E-state index in [1.54, 1.807) is 0 Å². The molecular weight excluding hydrogens is 380 g/mol. The molecule has 2 aliphatic heterocycles. The predicted molar refractivity (Wildman–Crippen MR) is 106 cm³/mol. The van der Waals surface area contributed by atoms with Crippen molar-refractivity contribution < 1.29 is 13.7 Å². The number of aryl methyl sites for hydroxylation is 1. The quantitative estimate of drug-likeness (QED) is 0.727. The standard InChI is InChI=1S/C18H25N6O3S/c1-12-9-15(23-22-12)20-17-19-14(18(28-25)3-6-26-7-4-18)10-16(21-17)24-5-8-27-11-13(24)2/h9-10,13H,3-8,11H2,1-2H3,(H2,19,20,21,22,23)/q+1/t13-/m1/s1. The monoisotopic (exact) mass is 405 g/mol. The maximum atomic E-state index is 12.2. The Morgan fingerprint density at radius 2 is 2.07 bits per heavy atom. The molecule has 0 aliphatic carbocycles. The van der Waals surface area contributed by atoms with E-state index in [0.29, 0.717) is 62.7 Å². The van der Waals surface area contributed by atoms with Crippen LogP contribution in [0, 0.1) is 6.92 Å². The molecule has 0 aromatic carbocycles. The number of hydrogen-bond acceptors (Lipinski definition) is 8. The van der Waals surface area contributed by atoms with Gasteiger partial charge in [0.25, 0.3) is 4.75 Å². The zero-order chi connectivity index (χ0) is 19.6. The molecule has 1 atom stereocenters. The first kappa shape index (κ1) is 19.2. The molecule has 9 nitrogen and oxygen atoms in total. The van der Waals surface area contributed by atoms with E-state index in [0.717, 1.165) is 23.8 Å². The molecule has 4 heterocycles. The van der Waals surface area contributed by atoms with Gasteiger partial charge in [-0.1, -0.05) is 0 Å². The first-order chi connectivity index (χ1) is 13.6. The summed E-state index contributed by atoms with van der Waals surface area (Å²) in [5.41, 5.74) is 1.69. The molecule has 2 aromatic rings. The van der Waals surface area contributed by atoms with Crippen LogP contribution in [0.15, 0.2) is 12.1 Å². The zero-order valence-electron chi connectivity index (χ0n) is 16.1. The fourth-order valence-corrected chi connectivity index (χ4v) is 4.14. The lowest BCUT2D eigenvalue weighted by molar-refractivity contribution is 0.0750. The number of nitrogens with one attached hydrogen (secondary N) is 2. The van der Waals surface area contributed by atoms with Gasteiger partial charge in [0.1, 0.15) is 11.5 Å². The predicted octanol–water partition coefficient (Wildman–Crippen LogP) is 1.91. The smallest absolute Gasteiger partial charge is 0.381 e. The molecule has 0 spiro atoms. The van der Waals surface area contributed by atoms with E-state index in [1.165, 1.54) is 0 Å². The van der Waals surface area contributed by atoms with Crippen molar-refractivity contribution in [3.8, 4) is 0 Å². The summed E-state index contributed by atoms with van der Waals surface area (Å²) in [6.07, 6.45) is 1.27. The fourth-order valence-electron chi connectivity index (χ4n) is 3.62. The van der Waals surface area contributed by atoms with Gasteiger partial charge in [0.05, 0.1) is 32.5 Å². The van der Waals surface area contributed by atoms with Crippen molar-refractivity contribution in [1.29, 1.82) is 0 Å². The van der Waals surface area contributed by atoms with Crippen molar-refractivity contribution >= 4 is 29.3 Å². The summed E-state index contributed by atoms with van der Waals surface area (Å²) < 4.78 is 22.6. The van der Waals surface area contributed by atoms with Gasteiger partial charge in [-0.25, -0.2) is 4.98 Å². The average Bonchev–Trinajstić information content (AvgIpc) is 3.13. The number of ether oxygens (including phenoxy) is 2. The number of morpholine rings is 1. The van der Waals surface area contributed by atoms with Gasteiger partial charge in [-0.3, -0.25) is 5.10 Å². The van der Waals surface area contributed by atoms with Crippen LogP contribution < -0.4 is 10.2 Å². The molecule has 0 saturated carbocycles. The van der Waals surface area contributed by atoms with Gasteiger partial charge >= 0.3 is 11.7 Å². The van der Waals surface area contributed by atoms with Crippen molar-refractivity contribution in [2.24, 2.45) is 0 Å². The minimum Gasteiger partial charge on any atom is -0.381 e. The molecule has 2 N–H and O–H groups in total. The Kier molecular flexibility index (Phi) is 5.51. The fraction of sp³-hybridized carbons (Fsp3) is 0.611. The molecule has 2 saturated heterocycles. The number of H-pyrrole nitrogens is 1. The molecule has 4 rings (SSSR count). The number of aromatic amines is 1. The van der Waals surface area contributed by atoms with Gasteiger partial charge in [0.2, 0.25) is 5.95 Å². The lowest BCUT2D eigenvalue weighted by atomic mass is 9.94. The molecule has 0 unspecified atom stereocenters. The molecule has 2 aliphatic rings. The molecule has 28 heavy (non-hydrogen) atoms. The zero-order valence-corrected chi connectivity index (χ0v) is 16.9. The number of aromatic nitrogens is 4. The van der Waals surface area contributed by atoms with Crippen molar-refractivity contribution in [2.45, 2.75) is 37.5 Å². The molecule has 2 fully saturated rings. The number of anilines is 3.